The van der Waals surface area contributed by atoms with Gasteiger partial charge in [-0.15, -0.1) is 35.3 Å². The third-order valence-electron chi connectivity index (χ3n) is 4.31. The molecule has 25 heavy (non-hydrogen) atoms. The van der Waals surface area contributed by atoms with Crippen LogP contribution in [-0.2, 0) is 6.42 Å². The Hall–Kier alpha value is -0.450. The monoisotopic (exact) mass is 480 g/mol. The molecule has 0 radical (unpaired) electrons. The Morgan fingerprint density at radius 1 is 1.32 bits per heavy atom. The maximum atomic E-state index is 4.39. The summed E-state index contributed by atoms with van der Waals surface area (Å²) in [6.07, 6.45) is 2.88. The average Bonchev–Trinajstić information content (AvgIpc) is 2.98. The molecule has 2 rings (SSSR count). The van der Waals surface area contributed by atoms with Crippen molar-refractivity contribution in [3.8, 4) is 0 Å². The molecule has 1 unspecified atom stereocenters. The fourth-order valence-corrected chi connectivity index (χ4v) is 3.62. The number of aliphatic imine (C=N–C) groups is 1. The van der Waals surface area contributed by atoms with Gasteiger partial charge in [-0.1, -0.05) is 6.92 Å². The van der Waals surface area contributed by atoms with E-state index in [1.807, 2.05) is 13.2 Å². The summed E-state index contributed by atoms with van der Waals surface area (Å²) in [7, 11) is 4.03. The average molecular weight is 480 g/mol. The van der Waals surface area contributed by atoms with Crippen LogP contribution in [0.4, 0.5) is 0 Å². The second kappa shape index (κ2) is 12.0. The number of rotatable bonds is 7. The van der Waals surface area contributed by atoms with Crippen LogP contribution in [0.3, 0.4) is 0 Å². The number of piperazine rings is 1. The van der Waals surface area contributed by atoms with Gasteiger partial charge >= 0.3 is 0 Å². The minimum Gasteiger partial charge on any atom is -0.356 e. The maximum absolute atomic E-state index is 4.39. The van der Waals surface area contributed by atoms with Crippen molar-refractivity contribution in [1.29, 1.82) is 0 Å². The van der Waals surface area contributed by atoms with E-state index in [9.17, 15) is 0 Å². The lowest BCUT2D eigenvalue weighted by Gasteiger charge is -2.34. The number of nitrogens with one attached hydrogen (secondary N) is 2. The zero-order valence-electron chi connectivity index (χ0n) is 15.9. The van der Waals surface area contributed by atoms with Crippen molar-refractivity contribution in [3.05, 3.63) is 16.1 Å². The summed E-state index contributed by atoms with van der Waals surface area (Å²) in [6.45, 7) is 12.1. The second-order valence-electron chi connectivity index (χ2n) is 6.70. The molecule has 1 aliphatic rings. The van der Waals surface area contributed by atoms with Gasteiger partial charge in [0.2, 0.25) is 0 Å². The third kappa shape index (κ3) is 8.65. The van der Waals surface area contributed by atoms with Crippen molar-refractivity contribution in [3.63, 3.8) is 0 Å². The zero-order valence-corrected chi connectivity index (χ0v) is 19.1. The van der Waals surface area contributed by atoms with E-state index in [0.717, 1.165) is 32.0 Å². The Morgan fingerprint density at radius 3 is 2.64 bits per heavy atom. The van der Waals surface area contributed by atoms with Crippen LogP contribution in [0.2, 0.25) is 0 Å². The van der Waals surface area contributed by atoms with Gasteiger partial charge in [0.15, 0.2) is 5.96 Å². The van der Waals surface area contributed by atoms with Crippen LogP contribution >= 0.6 is 35.3 Å². The van der Waals surface area contributed by atoms with Crippen LogP contribution in [0.5, 0.6) is 0 Å². The summed E-state index contributed by atoms with van der Waals surface area (Å²) >= 11 is 1.76. The molecule has 1 fully saturated rings. The lowest BCUT2D eigenvalue weighted by Crippen LogP contribution is -2.47. The van der Waals surface area contributed by atoms with E-state index in [4.69, 9.17) is 0 Å². The predicted octanol–water partition coefficient (Wildman–Crippen LogP) is 1.66. The fraction of sp³-hybridized carbons (Fsp3) is 0.765. The molecule has 0 aliphatic carbocycles. The van der Waals surface area contributed by atoms with Crippen molar-refractivity contribution < 1.29 is 0 Å². The number of halogens is 1. The molecule has 2 heterocycles. The van der Waals surface area contributed by atoms with Gasteiger partial charge in [-0.05, 0) is 19.9 Å². The van der Waals surface area contributed by atoms with Gasteiger partial charge in [0, 0.05) is 70.4 Å². The Labute approximate surface area is 173 Å². The highest BCUT2D eigenvalue weighted by molar-refractivity contribution is 14.0. The van der Waals surface area contributed by atoms with Crippen molar-refractivity contribution in [1.82, 2.24) is 25.4 Å². The number of thiazole rings is 1. The zero-order chi connectivity index (χ0) is 17.4. The molecular formula is C17H33IN6S. The van der Waals surface area contributed by atoms with Gasteiger partial charge in [-0.3, -0.25) is 4.99 Å². The lowest BCUT2D eigenvalue weighted by atomic mass is 10.1. The van der Waals surface area contributed by atoms with Gasteiger partial charge in [-0.25, -0.2) is 4.98 Å². The standard InChI is InChI=1S/C17H32N6S.HI/c1-14(13-23-9-7-22(4)8-10-23)11-21-17(18-3)19-6-5-16-20-12-15(2)24-16;/h12,14H,5-11,13H2,1-4H3,(H2,18,19,21);1H. The minimum atomic E-state index is 0. The normalized spacial score (nSPS) is 17.8. The molecule has 1 aliphatic heterocycles. The highest BCUT2D eigenvalue weighted by atomic mass is 127. The van der Waals surface area contributed by atoms with Crippen molar-refractivity contribution in [2.24, 2.45) is 10.9 Å². The number of hydrogen-bond acceptors (Lipinski definition) is 5. The van der Waals surface area contributed by atoms with Crippen molar-refractivity contribution >= 4 is 41.3 Å². The van der Waals surface area contributed by atoms with Crippen LogP contribution in [0, 0.1) is 12.8 Å². The Morgan fingerprint density at radius 2 is 2.04 bits per heavy atom. The van der Waals surface area contributed by atoms with Crippen molar-refractivity contribution in [2.75, 3.05) is 59.9 Å². The smallest absolute Gasteiger partial charge is 0.190 e. The van der Waals surface area contributed by atoms with E-state index in [-0.39, 0.29) is 24.0 Å². The van der Waals surface area contributed by atoms with Crippen LogP contribution in [-0.4, -0.2) is 80.7 Å². The Kier molecular flexibility index (Phi) is 10.9. The molecule has 0 aromatic carbocycles. The molecule has 0 bridgehead atoms. The van der Waals surface area contributed by atoms with Gasteiger partial charge in [0.1, 0.15) is 0 Å². The molecule has 144 valence electrons. The van der Waals surface area contributed by atoms with E-state index in [0.29, 0.717) is 5.92 Å². The molecule has 8 heteroatoms. The van der Waals surface area contributed by atoms with Crippen LogP contribution in [0.15, 0.2) is 11.2 Å². The second-order valence-corrected chi connectivity index (χ2v) is 8.02. The minimum absolute atomic E-state index is 0. The first-order valence-electron chi connectivity index (χ1n) is 8.83. The third-order valence-corrected chi connectivity index (χ3v) is 5.28. The molecule has 6 nitrogen and oxygen atoms in total. The summed E-state index contributed by atoms with van der Waals surface area (Å²) in [5, 5.41) is 8.00. The summed E-state index contributed by atoms with van der Waals surface area (Å²) in [4.78, 5) is 14.9. The number of hydrogen-bond donors (Lipinski definition) is 2. The molecule has 1 saturated heterocycles. The highest BCUT2D eigenvalue weighted by Crippen LogP contribution is 2.10. The first-order chi connectivity index (χ1) is 11.6. The van der Waals surface area contributed by atoms with Crippen LogP contribution in [0.1, 0.15) is 16.8 Å². The van der Waals surface area contributed by atoms with Gasteiger partial charge in [-0.2, -0.15) is 0 Å². The van der Waals surface area contributed by atoms with E-state index in [2.05, 4.69) is 51.3 Å². The fourth-order valence-electron chi connectivity index (χ4n) is 2.83. The largest absolute Gasteiger partial charge is 0.356 e. The number of likely N-dealkylation sites (N-methyl/N-ethyl adjacent to an activating group) is 1. The molecular weight excluding hydrogens is 447 g/mol. The summed E-state index contributed by atoms with van der Waals surface area (Å²) < 4.78 is 0. The summed E-state index contributed by atoms with van der Waals surface area (Å²) in [5.41, 5.74) is 0. The van der Waals surface area contributed by atoms with Crippen LogP contribution < -0.4 is 10.6 Å². The number of aromatic nitrogens is 1. The molecule has 1 aromatic rings. The van der Waals surface area contributed by atoms with Gasteiger partial charge in [0.05, 0.1) is 5.01 Å². The molecule has 0 saturated carbocycles. The highest BCUT2D eigenvalue weighted by Gasteiger charge is 2.16. The Bertz CT molecular complexity index is 513. The lowest BCUT2D eigenvalue weighted by molar-refractivity contribution is 0.139. The summed E-state index contributed by atoms with van der Waals surface area (Å²) in [6, 6.07) is 0. The van der Waals surface area contributed by atoms with Gasteiger partial charge < -0.3 is 20.4 Å². The topological polar surface area (TPSA) is 55.8 Å². The molecule has 0 amide bonds. The number of nitrogens with zero attached hydrogens (tertiary/aromatic N) is 4. The van der Waals surface area contributed by atoms with Gasteiger partial charge in [0.25, 0.3) is 0 Å². The van der Waals surface area contributed by atoms with E-state index < -0.39 is 0 Å². The SMILES string of the molecule is CN=C(NCCc1ncc(C)s1)NCC(C)CN1CCN(C)CC1.I. The Balaban J connectivity index is 0.00000312. The maximum Gasteiger partial charge on any atom is 0.190 e. The predicted molar refractivity (Wildman–Crippen MR) is 118 cm³/mol. The van der Waals surface area contributed by atoms with E-state index >= 15 is 0 Å². The number of guanidine groups is 1. The molecule has 1 aromatic heterocycles. The molecule has 2 N–H and O–H groups in total. The van der Waals surface area contributed by atoms with E-state index in [1.165, 1.54) is 36.1 Å². The first kappa shape index (κ1) is 22.6. The first-order valence-corrected chi connectivity index (χ1v) is 9.65. The molecule has 1 atom stereocenters. The van der Waals surface area contributed by atoms with Crippen LogP contribution in [0.25, 0.3) is 0 Å². The quantitative estimate of drug-likeness (QED) is 0.353. The molecule has 0 spiro atoms. The van der Waals surface area contributed by atoms with E-state index in [1.54, 1.807) is 11.3 Å². The summed E-state index contributed by atoms with van der Waals surface area (Å²) in [5.74, 6) is 1.49. The van der Waals surface area contributed by atoms with Crippen molar-refractivity contribution in [2.45, 2.75) is 20.3 Å². The number of aryl methyl sites for hydroxylation is 1.